The number of carbonyl (C=O) groups is 2. The highest BCUT2D eigenvalue weighted by Gasteiger charge is 2.18. The summed E-state index contributed by atoms with van der Waals surface area (Å²) in [4.78, 5) is 24.1. The molecule has 2 rings (SSSR count). The molecule has 1 heterocycles. The number of carboxylic acid groups (broad SMARTS) is 1. The van der Waals surface area contributed by atoms with E-state index in [1.165, 1.54) is 0 Å². The minimum absolute atomic E-state index is 0.250. The molecule has 1 fully saturated rings. The van der Waals surface area contributed by atoms with Crippen LogP contribution in [-0.4, -0.2) is 54.6 Å². The quantitative estimate of drug-likeness (QED) is 0.754. The maximum Gasteiger partial charge on any atom is 0.335 e. The summed E-state index contributed by atoms with van der Waals surface area (Å²) >= 11 is 0. The number of nitrogens with zero attached hydrogens (tertiary/aromatic N) is 1. The van der Waals surface area contributed by atoms with E-state index in [1.807, 2.05) is 0 Å². The van der Waals surface area contributed by atoms with Crippen LogP contribution in [0.2, 0.25) is 0 Å². The molecule has 0 aliphatic carbocycles. The second kappa shape index (κ2) is 6.49. The molecule has 0 unspecified atom stereocenters. The van der Waals surface area contributed by atoms with E-state index in [4.69, 9.17) is 5.11 Å². The number of piperazine rings is 1. The molecular weight excluding hydrogens is 284 g/mol. The number of nitrogens with one attached hydrogen (secondary N) is 2. The number of carbonyl (C=O) groups excluding carboxylic acids is 1. The fourth-order valence-electron chi connectivity index (χ4n) is 2.06. The number of halogens is 2. The highest BCUT2D eigenvalue weighted by atomic mass is 19.1. The molecule has 0 aromatic heterocycles. The van der Waals surface area contributed by atoms with Crippen LogP contribution in [0.15, 0.2) is 12.1 Å². The Morgan fingerprint density at radius 2 is 1.81 bits per heavy atom. The van der Waals surface area contributed by atoms with Crippen LogP contribution >= 0.6 is 0 Å². The van der Waals surface area contributed by atoms with Gasteiger partial charge in [0.05, 0.1) is 12.1 Å². The first-order chi connectivity index (χ1) is 9.99. The smallest absolute Gasteiger partial charge is 0.335 e. The highest BCUT2D eigenvalue weighted by Crippen LogP contribution is 2.20. The van der Waals surface area contributed by atoms with Crippen LogP contribution in [0.1, 0.15) is 10.4 Å². The minimum atomic E-state index is -1.42. The zero-order chi connectivity index (χ0) is 15.4. The highest BCUT2D eigenvalue weighted by molar-refractivity contribution is 5.88. The third-order valence-corrected chi connectivity index (χ3v) is 3.18. The van der Waals surface area contributed by atoms with Crippen molar-refractivity contribution in [2.45, 2.75) is 0 Å². The molecule has 1 aliphatic heterocycles. The number of amides is 1. The van der Waals surface area contributed by atoms with E-state index in [0.717, 1.165) is 0 Å². The van der Waals surface area contributed by atoms with Gasteiger partial charge in [0.25, 0.3) is 0 Å². The summed E-state index contributed by atoms with van der Waals surface area (Å²) in [6, 6.07) is 1.42. The monoisotopic (exact) mass is 299 g/mol. The van der Waals surface area contributed by atoms with E-state index in [9.17, 15) is 18.4 Å². The number of carboxylic acids is 1. The third kappa shape index (κ3) is 3.66. The van der Waals surface area contributed by atoms with Crippen LogP contribution < -0.4 is 10.6 Å². The number of anilines is 1. The largest absolute Gasteiger partial charge is 0.478 e. The second-order valence-electron chi connectivity index (χ2n) is 4.60. The fourth-order valence-corrected chi connectivity index (χ4v) is 2.06. The van der Waals surface area contributed by atoms with Gasteiger partial charge >= 0.3 is 5.97 Å². The van der Waals surface area contributed by atoms with Gasteiger partial charge in [0, 0.05) is 26.2 Å². The number of aromatic carboxylic acids is 1. The van der Waals surface area contributed by atoms with E-state index in [-0.39, 0.29) is 12.5 Å². The molecule has 0 saturated carbocycles. The molecule has 0 bridgehead atoms. The Morgan fingerprint density at radius 1 is 1.24 bits per heavy atom. The van der Waals surface area contributed by atoms with Gasteiger partial charge in [-0.25, -0.2) is 13.6 Å². The van der Waals surface area contributed by atoms with E-state index in [0.29, 0.717) is 38.3 Å². The molecule has 1 aromatic rings. The molecule has 8 heteroatoms. The van der Waals surface area contributed by atoms with Crippen molar-refractivity contribution in [1.82, 2.24) is 10.2 Å². The summed E-state index contributed by atoms with van der Waals surface area (Å²) < 4.78 is 27.3. The van der Waals surface area contributed by atoms with Crippen molar-refractivity contribution in [1.29, 1.82) is 0 Å². The second-order valence-corrected chi connectivity index (χ2v) is 4.60. The predicted octanol–water partition coefficient (Wildman–Crippen LogP) is 0.507. The van der Waals surface area contributed by atoms with Gasteiger partial charge in [-0.3, -0.25) is 4.79 Å². The van der Waals surface area contributed by atoms with Crippen molar-refractivity contribution >= 4 is 17.6 Å². The summed E-state index contributed by atoms with van der Waals surface area (Å²) in [6.07, 6.45) is 0. The number of benzene rings is 1. The van der Waals surface area contributed by atoms with Gasteiger partial charge in [-0.05, 0) is 12.1 Å². The van der Waals surface area contributed by atoms with Gasteiger partial charge in [0.1, 0.15) is 17.3 Å². The Labute approximate surface area is 119 Å². The first kappa shape index (κ1) is 15.2. The Bertz CT molecular complexity index is 537. The normalized spacial score (nSPS) is 14.9. The number of rotatable bonds is 4. The third-order valence-electron chi connectivity index (χ3n) is 3.18. The first-order valence-electron chi connectivity index (χ1n) is 6.43. The average molecular weight is 299 g/mol. The Hall–Kier alpha value is -2.22. The van der Waals surface area contributed by atoms with Crippen molar-refractivity contribution in [2.24, 2.45) is 0 Å². The molecule has 1 amide bonds. The van der Waals surface area contributed by atoms with Crippen LogP contribution in [0.4, 0.5) is 14.5 Å². The van der Waals surface area contributed by atoms with Crippen LogP contribution in [0.5, 0.6) is 0 Å². The van der Waals surface area contributed by atoms with E-state index in [1.54, 1.807) is 4.90 Å². The molecule has 6 nitrogen and oxygen atoms in total. The van der Waals surface area contributed by atoms with Gasteiger partial charge in [-0.2, -0.15) is 0 Å². The Kier molecular flexibility index (Phi) is 4.69. The average Bonchev–Trinajstić information content (AvgIpc) is 2.46. The lowest BCUT2D eigenvalue weighted by Crippen LogP contribution is -2.48. The molecule has 114 valence electrons. The van der Waals surface area contributed by atoms with Gasteiger partial charge in [0.15, 0.2) is 0 Å². The first-order valence-corrected chi connectivity index (χ1v) is 6.43. The molecule has 21 heavy (non-hydrogen) atoms. The van der Waals surface area contributed by atoms with Crippen molar-refractivity contribution in [3.8, 4) is 0 Å². The van der Waals surface area contributed by atoms with E-state index < -0.39 is 28.9 Å². The van der Waals surface area contributed by atoms with Crippen molar-refractivity contribution < 1.29 is 23.5 Å². The van der Waals surface area contributed by atoms with Crippen LogP contribution in [0.25, 0.3) is 0 Å². The fraction of sp³-hybridized carbons (Fsp3) is 0.385. The lowest BCUT2D eigenvalue weighted by Gasteiger charge is -2.27. The summed E-state index contributed by atoms with van der Waals surface area (Å²) in [5.41, 5.74) is -0.979. The van der Waals surface area contributed by atoms with Crippen LogP contribution in [-0.2, 0) is 4.79 Å². The van der Waals surface area contributed by atoms with Crippen LogP contribution in [0, 0.1) is 11.6 Å². The topological polar surface area (TPSA) is 81.7 Å². The molecule has 1 aromatic carbocycles. The maximum absolute atomic E-state index is 13.7. The zero-order valence-corrected chi connectivity index (χ0v) is 11.2. The lowest BCUT2D eigenvalue weighted by molar-refractivity contribution is -0.129. The van der Waals surface area contributed by atoms with Gasteiger partial charge in [-0.15, -0.1) is 0 Å². The maximum atomic E-state index is 13.7. The number of hydrogen-bond donors (Lipinski definition) is 3. The van der Waals surface area contributed by atoms with Gasteiger partial charge in [-0.1, -0.05) is 0 Å². The standard InChI is InChI=1S/C13H15F2N3O3/c14-9-5-8(13(20)21)6-10(15)12(9)17-7-11(19)18-3-1-16-2-4-18/h5-6,16-17H,1-4,7H2,(H,20,21). The molecule has 1 saturated heterocycles. The SMILES string of the molecule is O=C(O)c1cc(F)c(NCC(=O)N2CCNCC2)c(F)c1. The van der Waals surface area contributed by atoms with Crippen molar-refractivity contribution in [3.05, 3.63) is 29.3 Å². The molecule has 0 atom stereocenters. The van der Waals surface area contributed by atoms with Gasteiger partial charge in [0.2, 0.25) is 5.91 Å². The van der Waals surface area contributed by atoms with Crippen molar-refractivity contribution in [2.75, 3.05) is 38.0 Å². The summed E-state index contributed by atoms with van der Waals surface area (Å²) in [5.74, 6) is -3.77. The van der Waals surface area contributed by atoms with Gasteiger partial charge < -0.3 is 20.6 Å². The Morgan fingerprint density at radius 3 is 2.33 bits per heavy atom. The molecular formula is C13H15F2N3O3. The Balaban J connectivity index is 2.02. The van der Waals surface area contributed by atoms with Crippen LogP contribution in [0.3, 0.4) is 0 Å². The van der Waals surface area contributed by atoms with E-state index in [2.05, 4.69) is 10.6 Å². The molecule has 0 radical (unpaired) electrons. The summed E-state index contributed by atoms with van der Waals surface area (Å²) in [7, 11) is 0. The summed E-state index contributed by atoms with van der Waals surface area (Å²) in [6.45, 7) is 2.21. The number of hydrogen-bond acceptors (Lipinski definition) is 4. The van der Waals surface area contributed by atoms with Crippen molar-refractivity contribution in [3.63, 3.8) is 0 Å². The summed E-state index contributed by atoms with van der Waals surface area (Å²) in [5, 5.41) is 14.2. The van der Waals surface area contributed by atoms with E-state index >= 15 is 0 Å². The molecule has 3 N–H and O–H groups in total. The molecule has 0 spiro atoms. The lowest BCUT2D eigenvalue weighted by atomic mass is 10.2. The molecule has 1 aliphatic rings. The predicted molar refractivity (Wildman–Crippen MR) is 71.3 cm³/mol. The minimum Gasteiger partial charge on any atom is -0.478 e. The zero-order valence-electron chi connectivity index (χ0n) is 11.2.